The standard InChI is InChI=1S/C12H25F3N2/c1-4-16-11(7-9-12(13,14)15)8-10-17(5-2)6-3/h11,16H,4-10H2,1-3H3. The number of nitrogens with zero attached hydrogens (tertiary/aromatic N) is 1. The van der Waals surface area contributed by atoms with Crippen molar-refractivity contribution in [3.05, 3.63) is 0 Å². The molecule has 0 rings (SSSR count). The Hall–Kier alpha value is -0.290. The Morgan fingerprint density at radius 1 is 1.06 bits per heavy atom. The lowest BCUT2D eigenvalue weighted by Gasteiger charge is -2.23. The average molecular weight is 254 g/mol. The zero-order chi connectivity index (χ0) is 13.3. The van der Waals surface area contributed by atoms with E-state index in [-0.39, 0.29) is 12.5 Å². The van der Waals surface area contributed by atoms with E-state index in [4.69, 9.17) is 0 Å². The van der Waals surface area contributed by atoms with E-state index in [1.165, 1.54) is 0 Å². The first-order valence-corrected chi connectivity index (χ1v) is 6.45. The molecule has 1 atom stereocenters. The van der Waals surface area contributed by atoms with Crippen LogP contribution < -0.4 is 5.32 Å². The molecule has 104 valence electrons. The SMILES string of the molecule is CCNC(CCN(CC)CC)CCC(F)(F)F. The van der Waals surface area contributed by atoms with Crippen LogP contribution in [0.1, 0.15) is 40.0 Å². The Kier molecular flexibility index (Phi) is 8.60. The molecule has 0 radical (unpaired) electrons. The molecule has 17 heavy (non-hydrogen) atoms. The summed E-state index contributed by atoms with van der Waals surface area (Å²) >= 11 is 0. The molecule has 0 amide bonds. The van der Waals surface area contributed by atoms with Crippen LogP contribution in [-0.4, -0.2) is 43.3 Å². The van der Waals surface area contributed by atoms with Crippen molar-refractivity contribution in [2.75, 3.05) is 26.2 Å². The van der Waals surface area contributed by atoms with Crippen LogP contribution in [0.4, 0.5) is 13.2 Å². The normalized spacial score (nSPS) is 14.3. The van der Waals surface area contributed by atoms with Crippen molar-refractivity contribution in [2.24, 2.45) is 0 Å². The fraction of sp³-hybridized carbons (Fsp3) is 1.00. The molecular formula is C12H25F3N2. The van der Waals surface area contributed by atoms with Crippen molar-refractivity contribution in [1.82, 2.24) is 10.2 Å². The summed E-state index contributed by atoms with van der Waals surface area (Å²) in [5, 5.41) is 3.13. The first-order chi connectivity index (χ1) is 7.92. The van der Waals surface area contributed by atoms with E-state index in [0.717, 1.165) is 32.6 Å². The Morgan fingerprint density at radius 3 is 2.06 bits per heavy atom. The van der Waals surface area contributed by atoms with Gasteiger partial charge in [0.2, 0.25) is 0 Å². The quantitative estimate of drug-likeness (QED) is 0.680. The van der Waals surface area contributed by atoms with E-state index in [1.54, 1.807) is 0 Å². The van der Waals surface area contributed by atoms with E-state index < -0.39 is 12.6 Å². The van der Waals surface area contributed by atoms with Gasteiger partial charge in [-0.15, -0.1) is 0 Å². The van der Waals surface area contributed by atoms with Gasteiger partial charge >= 0.3 is 6.18 Å². The Morgan fingerprint density at radius 2 is 1.65 bits per heavy atom. The molecule has 0 aliphatic carbocycles. The Labute approximate surface area is 103 Å². The van der Waals surface area contributed by atoms with Crippen molar-refractivity contribution >= 4 is 0 Å². The Bertz CT molecular complexity index is 179. The molecule has 1 unspecified atom stereocenters. The summed E-state index contributed by atoms with van der Waals surface area (Å²) in [6.45, 7) is 9.56. The van der Waals surface area contributed by atoms with Gasteiger partial charge in [0, 0.05) is 12.5 Å². The van der Waals surface area contributed by atoms with E-state index in [2.05, 4.69) is 24.1 Å². The number of alkyl halides is 3. The molecule has 0 heterocycles. The van der Waals surface area contributed by atoms with E-state index in [1.807, 2.05) is 6.92 Å². The molecule has 0 spiro atoms. The third-order valence-corrected chi connectivity index (χ3v) is 2.96. The fourth-order valence-electron chi connectivity index (χ4n) is 1.85. The largest absolute Gasteiger partial charge is 0.389 e. The summed E-state index contributed by atoms with van der Waals surface area (Å²) in [5.41, 5.74) is 0. The minimum Gasteiger partial charge on any atom is -0.314 e. The molecule has 0 aromatic carbocycles. The maximum absolute atomic E-state index is 12.1. The van der Waals surface area contributed by atoms with Gasteiger partial charge in [0.05, 0.1) is 0 Å². The van der Waals surface area contributed by atoms with Crippen LogP contribution in [0.25, 0.3) is 0 Å². The number of hydrogen-bond donors (Lipinski definition) is 1. The number of hydrogen-bond acceptors (Lipinski definition) is 2. The van der Waals surface area contributed by atoms with Crippen LogP contribution in [0, 0.1) is 0 Å². The molecule has 0 saturated carbocycles. The van der Waals surface area contributed by atoms with Gasteiger partial charge in [-0.2, -0.15) is 13.2 Å². The summed E-state index contributed by atoms with van der Waals surface area (Å²) in [4.78, 5) is 2.23. The van der Waals surface area contributed by atoms with Crippen LogP contribution >= 0.6 is 0 Å². The van der Waals surface area contributed by atoms with Crippen LogP contribution in [0.3, 0.4) is 0 Å². The maximum atomic E-state index is 12.1. The molecule has 1 N–H and O–H groups in total. The minimum absolute atomic E-state index is 0.0257. The summed E-state index contributed by atoms with van der Waals surface area (Å²) in [6, 6.07) is -0.0257. The van der Waals surface area contributed by atoms with E-state index in [9.17, 15) is 13.2 Å². The molecule has 0 aliphatic heterocycles. The molecule has 0 bridgehead atoms. The van der Waals surface area contributed by atoms with Crippen molar-refractivity contribution in [2.45, 2.75) is 52.3 Å². The van der Waals surface area contributed by atoms with Gasteiger partial charge in [-0.1, -0.05) is 20.8 Å². The predicted molar refractivity (Wildman–Crippen MR) is 65.2 cm³/mol. The van der Waals surface area contributed by atoms with Gasteiger partial charge in [0.1, 0.15) is 0 Å². The van der Waals surface area contributed by atoms with E-state index >= 15 is 0 Å². The van der Waals surface area contributed by atoms with Crippen LogP contribution in [-0.2, 0) is 0 Å². The molecule has 5 heteroatoms. The van der Waals surface area contributed by atoms with Gasteiger partial charge in [0.15, 0.2) is 0 Å². The van der Waals surface area contributed by atoms with Crippen molar-refractivity contribution in [1.29, 1.82) is 0 Å². The number of halogens is 3. The number of nitrogens with one attached hydrogen (secondary N) is 1. The summed E-state index contributed by atoms with van der Waals surface area (Å²) in [5.74, 6) is 0. The molecule has 0 saturated heterocycles. The second-order valence-corrected chi connectivity index (χ2v) is 4.22. The lowest BCUT2D eigenvalue weighted by molar-refractivity contribution is -0.136. The molecule has 0 aliphatic rings. The van der Waals surface area contributed by atoms with Crippen LogP contribution in [0.15, 0.2) is 0 Å². The first kappa shape index (κ1) is 16.7. The third kappa shape index (κ3) is 9.41. The Balaban J connectivity index is 3.97. The molecule has 0 aromatic heterocycles. The summed E-state index contributed by atoms with van der Waals surface area (Å²) in [7, 11) is 0. The highest BCUT2D eigenvalue weighted by atomic mass is 19.4. The second kappa shape index (κ2) is 8.75. The molecule has 0 aromatic rings. The van der Waals surface area contributed by atoms with Crippen molar-refractivity contribution < 1.29 is 13.2 Å². The zero-order valence-corrected chi connectivity index (χ0v) is 11.1. The van der Waals surface area contributed by atoms with Gasteiger partial charge in [-0.05, 0) is 39.0 Å². The van der Waals surface area contributed by atoms with Crippen LogP contribution in [0.5, 0.6) is 0 Å². The highest BCUT2D eigenvalue weighted by Gasteiger charge is 2.28. The van der Waals surface area contributed by atoms with Crippen molar-refractivity contribution in [3.8, 4) is 0 Å². The third-order valence-electron chi connectivity index (χ3n) is 2.96. The second-order valence-electron chi connectivity index (χ2n) is 4.22. The smallest absolute Gasteiger partial charge is 0.314 e. The highest BCUT2D eigenvalue weighted by Crippen LogP contribution is 2.23. The fourth-order valence-corrected chi connectivity index (χ4v) is 1.85. The molecule has 0 fully saturated rings. The van der Waals surface area contributed by atoms with Gasteiger partial charge < -0.3 is 10.2 Å². The van der Waals surface area contributed by atoms with Gasteiger partial charge in [-0.25, -0.2) is 0 Å². The number of rotatable bonds is 9. The van der Waals surface area contributed by atoms with Crippen molar-refractivity contribution in [3.63, 3.8) is 0 Å². The summed E-state index contributed by atoms with van der Waals surface area (Å²) < 4.78 is 36.4. The zero-order valence-electron chi connectivity index (χ0n) is 11.1. The lowest BCUT2D eigenvalue weighted by atomic mass is 10.1. The van der Waals surface area contributed by atoms with Gasteiger partial charge in [-0.3, -0.25) is 0 Å². The van der Waals surface area contributed by atoms with Crippen LogP contribution in [0.2, 0.25) is 0 Å². The maximum Gasteiger partial charge on any atom is 0.389 e. The van der Waals surface area contributed by atoms with Gasteiger partial charge in [0.25, 0.3) is 0 Å². The van der Waals surface area contributed by atoms with E-state index in [0.29, 0.717) is 0 Å². The lowest BCUT2D eigenvalue weighted by Crippen LogP contribution is -2.35. The predicted octanol–water partition coefficient (Wildman–Crippen LogP) is 3.04. The topological polar surface area (TPSA) is 15.3 Å². The first-order valence-electron chi connectivity index (χ1n) is 6.45. The highest BCUT2D eigenvalue weighted by molar-refractivity contribution is 4.70. The average Bonchev–Trinajstić information content (AvgIpc) is 2.26. The molecular weight excluding hydrogens is 229 g/mol. The summed E-state index contributed by atoms with van der Waals surface area (Å²) in [6.07, 6.45) is -3.77. The minimum atomic E-state index is -4.04. The monoisotopic (exact) mass is 254 g/mol. The molecule has 2 nitrogen and oxygen atoms in total.